The van der Waals surface area contributed by atoms with Crippen LogP contribution in [0.3, 0.4) is 0 Å². The maximum atomic E-state index is 13.2. The molecule has 0 radical (unpaired) electrons. The molecule has 1 unspecified atom stereocenters. The van der Waals surface area contributed by atoms with Gasteiger partial charge in [0, 0.05) is 5.56 Å². The Morgan fingerprint density at radius 2 is 1.89 bits per heavy atom. The van der Waals surface area contributed by atoms with Crippen molar-refractivity contribution in [3.8, 4) is 11.5 Å². The van der Waals surface area contributed by atoms with Gasteiger partial charge in [-0.2, -0.15) is 0 Å². The second-order valence-corrected chi connectivity index (χ2v) is 8.60. The zero-order valence-corrected chi connectivity index (χ0v) is 20.0. The first kappa shape index (κ1) is 24.0. The molecule has 1 atom stereocenters. The highest BCUT2D eigenvalue weighted by Gasteiger charge is 2.48. The van der Waals surface area contributed by atoms with Crippen LogP contribution in [0.5, 0.6) is 11.5 Å². The number of aromatic hydroxyl groups is 1. The lowest BCUT2D eigenvalue weighted by Gasteiger charge is -2.23. The number of hydrogen-bond donors (Lipinski definition) is 2. The highest BCUT2D eigenvalue weighted by atomic mass is 32.1. The molecule has 0 saturated carbocycles. The van der Waals surface area contributed by atoms with Crippen molar-refractivity contribution in [3.63, 3.8) is 0 Å². The van der Waals surface area contributed by atoms with Gasteiger partial charge >= 0.3 is 11.9 Å². The molecule has 4 rings (SSSR count). The van der Waals surface area contributed by atoms with E-state index in [4.69, 9.17) is 9.47 Å². The highest BCUT2D eigenvalue weighted by molar-refractivity contribution is 7.17. The molecule has 10 heteroatoms. The molecule has 1 aliphatic rings. The molecule has 3 aromatic rings. The van der Waals surface area contributed by atoms with E-state index in [-0.39, 0.29) is 39.3 Å². The Labute approximate surface area is 204 Å². The van der Waals surface area contributed by atoms with Gasteiger partial charge < -0.3 is 19.7 Å². The number of rotatable bonds is 6. The number of carbonyl (C=O) groups is 3. The minimum Gasteiger partial charge on any atom is -0.508 e. The average molecular weight is 495 g/mol. The number of ether oxygens (including phenoxy) is 2. The molecule has 1 fully saturated rings. The summed E-state index contributed by atoms with van der Waals surface area (Å²) in [6.45, 7) is 3.45. The van der Waals surface area contributed by atoms with Crippen LogP contribution in [-0.4, -0.2) is 46.6 Å². The Morgan fingerprint density at radius 3 is 2.54 bits per heavy atom. The summed E-state index contributed by atoms with van der Waals surface area (Å²) in [6, 6.07) is 11.3. The molecular formula is C25H22N2O7S. The topological polar surface area (TPSA) is 126 Å². The predicted octanol–water partition coefficient (Wildman–Crippen LogP) is 3.97. The lowest BCUT2D eigenvalue weighted by molar-refractivity contribution is -0.132. The smallest absolute Gasteiger partial charge is 0.350 e. The van der Waals surface area contributed by atoms with Gasteiger partial charge in [-0.1, -0.05) is 35.6 Å². The van der Waals surface area contributed by atoms with Gasteiger partial charge in [0.15, 0.2) is 5.13 Å². The molecule has 0 spiro atoms. The van der Waals surface area contributed by atoms with E-state index < -0.39 is 23.7 Å². The number of esters is 1. The number of hydrogen-bond acceptors (Lipinski definition) is 9. The van der Waals surface area contributed by atoms with Crippen LogP contribution in [0.15, 0.2) is 54.1 Å². The van der Waals surface area contributed by atoms with Gasteiger partial charge in [0.05, 0.1) is 31.0 Å². The minimum atomic E-state index is -1.05. The fourth-order valence-corrected chi connectivity index (χ4v) is 4.79. The van der Waals surface area contributed by atoms with Crippen LogP contribution < -0.4 is 9.64 Å². The molecular weight excluding hydrogens is 472 g/mol. The molecule has 2 heterocycles. The van der Waals surface area contributed by atoms with E-state index in [2.05, 4.69) is 4.98 Å². The molecule has 1 aromatic heterocycles. The zero-order chi connectivity index (χ0) is 25.3. The van der Waals surface area contributed by atoms with Gasteiger partial charge in [-0.25, -0.2) is 9.78 Å². The molecule has 180 valence electrons. The van der Waals surface area contributed by atoms with Crippen LogP contribution in [0.25, 0.3) is 5.76 Å². The lowest BCUT2D eigenvalue weighted by Crippen LogP contribution is -2.29. The van der Waals surface area contributed by atoms with Crippen molar-refractivity contribution in [2.75, 3.05) is 18.6 Å². The normalized spacial score (nSPS) is 17.0. The molecule has 35 heavy (non-hydrogen) atoms. The number of thiazole rings is 1. The van der Waals surface area contributed by atoms with Crippen LogP contribution in [-0.2, 0) is 14.3 Å². The van der Waals surface area contributed by atoms with Gasteiger partial charge in [-0.15, -0.1) is 0 Å². The van der Waals surface area contributed by atoms with Crippen LogP contribution in [0.1, 0.15) is 39.5 Å². The molecule has 0 bridgehead atoms. The molecule has 9 nitrogen and oxygen atoms in total. The van der Waals surface area contributed by atoms with Gasteiger partial charge in [0.1, 0.15) is 22.1 Å². The number of anilines is 1. The molecule has 1 amide bonds. The first-order valence-corrected chi connectivity index (χ1v) is 11.5. The number of carbonyl (C=O) groups excluding carboxylic acids is 3. The number of benzene rings is 2. The van der Waals surface area contributed by atoms with Crippen molar-refractivity contribution in [1.82, 2.24) is 4.98 Å². The van der Waals surface area contributed by atoms with Gasteiger partial charge in [0.25, 0.3) is 5.78 Å². The summed E-state index contributed by atoms with van der Waals surface area (Å²) >= 11 is 0.921. The summed E-state index contributed by atoms with van der Waals surface area (Å²) < 4.78 is 10.3. The largest absolute Gasteiger partial charge is 0.508 e. The molecule has 2 N–H and O–H groups in total. The summed E-state index contributed by atoms with van der Waals surface area (Å²) in [5, 5.41) is 21.1. The third kappa shape index (κ3) is 4.35. The number of phenolic OH excluding ortho intramolecular Hbond substituents is 1. The standard InChI is InChI=1S/C25H22N2O7S/c1-4-34-24(32)22-13(2)26-25(35-22)27-19(14-8-10-16(28)11-9-14)18(21(30)23(27)31)20(29)15-6-5-7-17(12-15)33-3/h5-12,19,28-29H,4H2,1-3H3/b20-18+. The third-order valence-corrected chi connectivity index (χ3v) is 6.59. The van der Waals surface area contributed by atoms with Crippen molar-refractivity contribution in [2.24, 2.45) is 0 Å². The van der Waals surface area contributed by atoms with Gasteiger partial charge in [0.2, 0.25) is 0 Å². The van der Waals surface area contributed by atoms with Crippen molar-refractivity contribution in [1.29, 1.82) is 0 Å². The maximum absolute atomic E-state index is 13.2. The van der Waals surface area contributed by atoms with E-state index in [9.17, 15) is 24.6 Å². The maximum Gasteiger partial charge on any atom is 0.350 e. The Balaban J connectivity index is 1.91. The number of aryl methyl sites for hydroxylation is 1. The summed E-state index contributed by atoms with van der Waals surface area (Å²) in [5.41, 5.74) is 0.938. The quantitative estimate of drug-likeness (QED) is 0.228. The summed E-state index contributed by atoms with van der Waals surface area (Å²) in [5.74, 6) is -2.33. The molecule has 1 saturated heterocycles. The molecule has 2 aromatic carbocycles. The van der Waals surface area contributed by atoms with Crippen LogP contribution in [0, 0.1) is 6.92 Å². The Bertz CT molecular complexity index is 1340. The summed E-state index contributed by atoms with van der Waals surface area (Å²) in [4.78, 5) is 44.5. The summed E-state index contributed by atoms with van der Waals surface area (Å²) in [7, 11) is 1.47. The number of methoxy groups -OCH3 is 1. The van der Waals surface area contributed by atoms with Crippen molar-refractivity contribution < 1.29 is 34.1 Å². The average Bonchev–Trinajstić information content (AvgIpc) is 3.36. The summed E-state index contributed by atoms with van der Waals surface area (Å²) in [6.07, 6.45) is 0. The van der Waals surface area contributed by atoms with E-state index in [1.54, 1.807) is 50.2 Å². The minimum absolute atomic E-state index is 0.00631. The SMILES string of the molecule is CCOC(=O)c1sc(N2C(=O)C(=O)/C(=C(/O)c3cccc(OC)c3)C2c2ccc(O)cc2)nc1C. The fourth-order valence-electron chi connectivity index (χ4n) is 3.80. The second-order valence-electron chi connectivity index (χ2n) is 7.62. The number of aliphatic hydroxyl groups excluding tert-OH is 1. The molecule has 1 aliphatic heterocycles. The van der Waals surface area contributed by atoms with Gasteiger partial charge in [-0.3, -0.25) is 14.5 Å². The van der Waals surface area contributed by atoms with E-state index >= 15 is 0 Å². The highest BCUT2D eigenvalue weighted by Crippen LogP contribution is 2.44. The van der Waals surface area contributed by atoms with E-state index in [1.807, 2.05) is 0 Å². The van der Waals surface area contributed by atoms with Crippen LogP contribution >= 0.6 is 11.3 Å². The number of ketones is 1. The fraction of sp³-hybridized carbons (Fsp3) is 0.200. The number of amides is 1. The first-order valence-electron chi connectivity index (χ1n) is 10.7. The lowest BCUT2D eigenvalue weighted by atomic mass is 9.95. The number of aliphatic hydroxyl groups is 1. The van der Waals surface area contributed by atoms with Gasteiger partial charge in [-0.05, 0) is 43.7 Å². The van der Waals surface area contributed by atoms with E-state index in [0.717, 1.165) is 16.2 Å². The Kier molecular flexibility index (Phi) is 6.57. The second kappa shape index (κ2) is 9.59. The Morgan fingerprint density at radius 1 is 1.17 bits per heavy atom. The van der Waals surface area contributed by atoms with Crippen molar-refractivity contribution in [3.05, 3.63) is 75.8 Å². The van der Waals surface area contributed by atoms with E-state index in [0.29, 0.717) is 17.0 Å². The Hall–Kier alpha value is -4.18. The monoisotopic (exact) mass is 494 g/mol. The number of phenols is 1. The number of nitrogens with zero attached hydrogens (tertiary/aromatic N) is 2. The molecule has 0 aliphatic carbocycles. The van der Waals surface area contributed by atoms with Crippen LogP contribution in [0.4, 0.5) is 5.13 Å². The third-order valence-electron chi connectivity index (χ3n) is 5.45. The van der Waals surface area contributed by atoms with Crippen molar-refractivity contribution in [2.45, 2.75) is 19.9 Å². The number of Topliss-reactive ketones (excluding diaryl/α,β-unsaturated/α-hetero) is 1. The predicted molar refractivity (Wildman–Crippen MR) is 129 cm³/mol. The van der Waals surface area contributed by atoms with E-state index in [1.165, 1.54) is 19.2 Å². The number of aromatic nitrogens is 1. The van der Waals surface area contributed by atoms with Crippen LogP contribution in [0.2, 0.25) is 0 Å². The zero-order valence-electron chi connectivity index (χ0n) is 19.1. The van der Waals surface area contributed by atoms with Crippen molar-refractivity contribution >= 4 is 39.9 Å². The first-order chi connectivity index (χ1) is 16.8.